The van der Waals surface area contributed by atoms with E-state index >= 15 is 0 Å². The van der Waals surface area contributed by atoms with Crippen LogP contribution in [-0.4, -0.2) is 42.6 Å². The van der Waals surface area contributed by atoms with Gasteiger partial charge in [-0.05, 0) is 43.0 Å². The number of aromatic amines is 1. The molecule has 9 heteroatoms. The molecule has 0 aliphatic carbocycles. The summed E-state index contributed by atoms with van der Waals surface area (Å²) >= 11 is 0. The van der Waals surface area contributed by atoms with E-state index < -0.39 is 11.4 Å². The maximum atomic E-state index is 14.2. The summed E-state index contributed by atoms with van der Waals surface area (Å²) in [7, 11) is 0. The average molecular weight is 559 g/mol. The lowest BCUT2D eigenvalue weighted by atomic mass is 9.87. The van der Waals surface area contributed by atoms with Gasteiger partial charge in [0.25, 0.3) is 5.56 Å². The van der Waals surface area contributed by atoms with Crippen LogP contribution in [0.25, 0.3) is 22.5 Å². The molecule has 0 spiro atoms. The molecule has 9 nitrogen and oxygen atoms in total. The van der Waals surface area contributed by atoms with Gasteiger partial charge in [-0.2, -0.15) is 0 Å². The molecule has 2 aromatic heterocycles. The molecule has 0 saturated carbocycles. The summed E-state index contributed by atoms with van der Waals surface area (Å²) in [5.74, 6) is 0.376. The Kier molecular flexibility index (Phi) is 8.37. The quantitative estimate of drug-likeness (QED) is 0.306. The first kappa shape index (κ1) is 28.7. The van der Waals surface area contributed by atoms with Crippen LogP contribution in [0, 0.1) is 0 Å². The van der Waals surface area contributed by atoms with Crippen molar-refractivity contribution in [2.24, 2.45) is 0 Å². The zero-order valence-electron chi connectivity index (χ0n) is 24.1. The average Bonchev–Trinajstić information content (AvgIpc) is 3.38. The van der Waals surface area contributed by atoms with Crippen LogP contribution < -0.4 is 11.3 Å². The van der Waals surface area contributed by atoms with E-state index in [-0.39, 0.29) is 24.3 Å². The standard InChI is InChI=1S/C32H38N4O5/c1-5-10-27-26(30(37)36(28(6-2)33-27)19-32(39)17-20(3)40-21(4)18-32)16-22-13-14-24(23-11-8-7-9-12-23)25(15-22)29-34-31(38)41-35-29/h7-9,11-15,20-21,39H,5-6,10,16-19H2,1-4H3,(H,34,35,38)/t20-,21-/m0/s1. The molecule has 2 N–H and O–H groups in total. The molecule has 2 aromatic carbocycles. The van der Waals surface area contributed by atoms with Crippen molar-refractivity contribution in [1.29, 1.82) is 0 Å². The molecular formula is C32H38N4O5. The van der Waals surface area contributed by atoms with E-state index in [9.17, 15) is 14.7 Å². The molecule has 2 atom stereocenters. The monoisotopic (exact) mass is 558 g/mol. The van der Waals surface area contributed by atoms with Crippen LogP contribution in [0.3, 0.4) is 0 Å². The van der Waals surface area contributed by atoms with Crippen LogP contribution >= 0.6 is 0 Å². The first-order chi connectivity index (χ1) is 19.7. The maximum Gasteiger partial charge on any atom is 0.439 e. The van der Waals surface area contributed by atoms with Crippen LogP contribution in [-0.2, 0) is 30.5 Å². The number of hydrogen-bond donors (Lipinski definition) is 2. The fraction of sp³-hybridized carbons (Fsp3) is 0.438. The second-order valence-electron chi connectivity index (χ2n) is 11.2. The zero-order valence-corrected chi connectivity index (χ0v) is 24.1. The second kappa shape index (κ2) is 12.0. The number of nitrogens with one attached hydrogen (secondary N) is 1. The molecule has 4 aromatic rings. The number of aryl methyl sites for hydroxylation is 2. The van der Waals surface area contributed by atoms with Crippen LogP contribution in [0.15, 0.2) is 62.6 Å². The van der Waals surface area contributed by atoms with Gasteiger partial charge in [-0.25, -0.2) is 9.78 Å². The smallest absolute Gasteiger partial charge is 0.388 e. The molecule has 0 bridgehead atoms. The summed E-state index contributed by atoms with van der Waals surface area (Å²) in [6.45, 7) is 8.15. The van der Waals surface area contributed by atoms with Gasteiger partial charge >= 0.3 is 5.76 Å². The number of aliphatic hydroxyl groups is 1. The van der Waals surface area contributed by atoms with E-state index in [4.69, 9.17) is 14.2 Å². The highest BCUT2D eigenvalue weighted by atomic mass is 16.5. The zero-order chi connectivity index (χ0) is 29.1. The predicted molar refractivity (Wildman–Crippen MR) is 157 cm³/mol. The Morgan fingerprint density at radius 2 is 1.78 bits per heavy atom. The van der Waals surface area contributed by atoms with Gasteiger partial charge in [-0.15, -0.1) is 0 Å². The van der Waals surface area contributed by atoms with E-state index in [2.05, 4.69) is 17.1 Å². The van der Waals surface area contributed by atoms with Crippen molar-refractivity contribution in [3.8, 4) is 22.5 Å². The van der Waals surface area contributed by atoms with Gasteiger partial charge in [-0.3, -0.25) is 18.9 Å². The molecule has 0 radical (unpaired) electrons. The van der Waals surface area contributed by atoms with Crippen LogP contribution in [0.2, 0.25) is 0 Å². The van der Waals surface area contributed by atoms with Gasteiger partial charge in [0.1, 0.15) is 5.82 Å². The lowest BCUT2D eigenvalue weighted by molar-refractivity contribution is -0.138. The van der Waals surface area contributed by atoms with Crippen molar-refractivity contribution < 1.29 is 14.4 Å². The second-order valence-corrected chi connectivity index (χ2v) is 11.2. The van der Waals surface area contributed by atoms with Gasteiger partial charge in [0.15, 0.2) is 5.82 Å². The molecule has 3 heterocycles. The molecule has 1 saturated heterocycles. The van der Waals surface area contributed by atoms with Crippen LogP contribution in [0.1, 0.15) is 69.6 Å². The SMILES string of the molecule is CCCc1nc(CC)n(CC2(O)C[C@H](C)O[C@@H](C)C2)c(=O)c1Cc1ccc(-c2ccccc2)c(-c2noc(=O)[nH]2)c1. The minimum atomic E-state index is -1.06. The van der Waals surface area contributed by atoms with Crippen molar-refractivity contribution in [3.63, 3.8) is 0 Å². The number of H-pyrrole nitrogens is 1. The van der Waals surface area contributed by atoms with E-state index in [0.29, 0.717) is 54.9 Å². The van der Waals surface area contributed by atoms with E-state index in [1.54, 1.807) is 4.57 Å². The Balaban J connectivity index is 1.59. The normalized spacial score (nSPS) is 20.8. The molecule has 0 unspecified atom stereocenters. The Morgan fingerprint density at radius 3 is 2.41 bits per heavy atom. The van der Waals surface area contributed by atoms with Crippen LogP contribution in [0.5, 0.6) is 0 Å². The van der Waals surface area contributed by atoms with Crippen molar-refractivity contribution in [2.75, 3.05) is 0 Å². The van der Waals surface area contributed by atoms with E-state index in [1.807, 2.05) is 69.3 Å². The van der Waals surface area contributed by atoms with E-state index in [1.165, 1.54) is 0 Å². The van der Waals surface area contributed by atoms with Gasteiger partial charge in [0.2, 0.25) is 0 Å². The summed E-state index contributed by atoms with van der Waals surface area (Å²) in [5, 5.41) is 15.5. The van der Waals surface area contributed by atoms with Gasteiger partial charge < -0.3 is 9.84 Å². The molecule has 5 rings (SSSR count). The Hall–Kier alpha value is -3.82. The summed E-state index contributed by atoms with van der Waals surface area (Å²) in [5.41, 5.74) is 3.66. The largest absolute Gasteiger partial charge is 0.439 e. The molecular weight excluding hydrogens is 520 g/mol. The Bertz CT molecular complexity index is 1610. The minimum absolute atomic E-state index is 0.0964. The van der Waals surface area contributed by atoms with Crippen LogP contribution in [0.4, 0.5) is 0 Å². The first-order valence-electron chi connectivity index (χ1n) is 14.4. The van der Waals surface area contributed by atoms with Gasteiger partial charge in [0.05, 0.1) is 30.0 Å². The van der Waals surface area contributed by atoms with Crippen molar-refractivity contribution in [1.82, 2.24) is 19.7 Å². The van der Waals surface area contributed by atoms with Gasteiger partial charge in [0, 0.05) is 36.8 Å². The predicted octanol–water partition coefficient (Wildman–Crippen LogP) is 4.68. The topological polar surface area (TPSA) is 123 Å². The fourth-order valence-electron chi connectivity index (χ4n) is 6.13. The van der Waals surface area contributed by atoms with E-state index in [0.717, 1.165) is 28.8 Å². The molecule has 41 heavy (non-hydrogen) atoms. The third kappa shape index (κ3) is 6.26. The highest BCUT2D eigenvalue weighted by Crippen LogP contribution is 2.32. The lowest BCUT2D eigenvalue weighted by Gasteiger charge is -2.39. The van der Waals surface area contributed by atoms with Crippen molar-refractivity contribution >= 4 is 0 Å². The highest BCUT2D eigenvalue weighted by molar-refractivity contribution is 5.81. The van der Waals surface area contributed by atoms with Crippen molar-refractivity contribution in [2.45, 2.75) is 90.6 Å². The molecule has 1 aliphatic rings. The Labute approximate surface area is 239 Å². The third-order valence-electron chi connectivity index (χ3n) is 7.73. The maximum absolute atomic E-state index is 14.2. The summed E-state index contributed by atoms with van der Waals surface area (Å²) in [6, 6.07) is 15.7. The minimum Gasteiger partial charge on any atom is -0.388 e. The number of rotatable bonds is 9. The lowest BCUT2D eigenvalue weighted by Crippen LogP contribution is -2.48. The third-order valence-corrected chi connectivity index (χ3v) is 7.73. The number of aromatic nitrogens is 4. The summed E-state index contributed by atoms with van der Waals surface area (Å²) in [6.07, 6.45) is 3.18. The van der Waals surface area contributed by atoms with Gasteiger partial charge in [-0.1, -0.05) is 67.9 Å². The first-order valence-corrected chi connectivity index (χ1v) is 14.4. The number of benzene rings is 2. The number of ether oxygens (including phenoxy) is 1. The molecule has 1 aliphatic heterocycles. The number of hydrogen-bond acceptors (Lipinski definition) is 7. The van der Waals surface area contributed by atoms with Crippen molar-refractivity contribution in [3.05, 3.63) is 92.1 Å². The summed E-state index contributed by atoms with van der Waals surface area (Å²) in [4.78, 5) is 33.6. The molecule has 0 amide bonds. The number of nitrogens with zero attached hydrogens (tertiary/aromatic N) is 3. The highest BCUT2D eigenvalue weighted by Gasteiger charge is 2.38. The fourth-order valence-corrected chi connectivity index (χ4v) is 6.13. The Morgan fingerprint density at radius 1 is 1.05 bits per heavy atom. The summed E-state index contributed by atoms with van der Waals surface area (Å²) < 4.78 is 12.3. The molecule has 1 fully saturated rings. The molecule has 216 valence electrons.